The van der Waals surface area contributed by atoms with Gasteiger partial charge in [0, 0.05) is 17.7 Å². The lowest BCUT2D eigenvalue weighted by molar-refractivity contribution is -0.384. The number of carbonyl (C=O) groups is 1. The van der Waals surface area contributed by atoms with Crippen molar-refractivity contribution in [3.05, 3.63) is 56.2 Å². The number of hydrogen-bond donors (Lipinski definition) is 2. The lowest BCUT2D eigenvalue weighted by Gasteiger charge is -2.00. The maximum atomic E-state index is 11.7. The molecule has 0 aliphatic heterocycles. The minimum Gasteiger partial charge on any atom is -0.455 e. The molecule has 2 heterocycles. The van der Waals surface area contributed by atoms with E-state index in [1.165, 1.54) is 24.4 Å². The summed E-state index contributed by atoms with van der Waals surface area (Å²) in [6, 6.07) is 7.23. The van der Waals surface area contributed by atoms with Gasteiger partial charge in [-0.25, -0.2) is 5.43 Å². The van der Waals surface area contributed by atoms with Crippen LogP contribution >= 0.6 is 22.9 Å². The maximum Gasteiger partial charge on any atom is 0.270 e. The van der Waals surface area contributed by atoms with Crippen molar-refractivity contribution in [2.75, 3.05) is 5.73 Å². The summed E-state index contributed by atoms with van der Waals surface area (Å²) in [4.78, 5) is 22.1. The van der Waals surface area contributed by atoms with Crippen LogP contribution in [-0.4, -0.2) is 27.2 Å². The minimum atomic E-state index is -0.522. The van der Waals surface area contributed by atoms with Crippen LogP contribution in [0.15, 0.2) is 39.9 Å². The van der Waals surface area contributed by atoms with Crippen molar-refractivity contribution >= 4 is 45.9 Å². The molecule has 0 aliphatic rings. The number of nitrogen functional groups attached to an aromatic ring is 1. The molecule has 2 aromatic heterocycles. The summed E-state index contributed by atoms with van der Waals surface area (Å²) in [6.07, 6.45) is 1.29. The molecule has 0 radical (unpaired) electrons. The standard InChI is InChI=1S/C15H11ClN6O4S/c16-11-3-1-8(22(24)25)5-10(11)12-4-2-9(26-12)7-18-19-13(23)6-14-20-21-15(17)27-14/h1-5,7H,6H2,(H2,17,21)(H,19,23). The zero-order valence-electron chi connectivity index (χ0n) is 13.5. The average Bonchev–Trinajstić information content (AvgIpc) is 3.24. The lowest BCUT2D eigenvalue weighted by Crippen LogP contribution is -2.19. The average molecular weight is 407 g/mol. The highest BCUT2D eigenvalue weighted by Crippen LogP contribution is 2.32. The van der Waals surface area contributed by atoms with Crippen LogP contribution in [0.5, 0.6) is 0 Å². The third-order valence-corrected chi connectivity index (χ3v) is 4.31. The van der Waals surface area contributed by atoms with Crippen molar-refractivity contribution in [3.63, 3.8) is 0 Å². The number of nitrogens with two attached hydrogens (primary N) is 1. The molecule has 10 nitrogen and oxygen atoms in total. The predicted octanol–water partition coefficient (Wildman–Crippen LogP) is 2.63. The topological polar surface area (TPSA) is 150 Å². The summed E-state index contributed by atoms with van der Waals surface area (Å²) < 4.78 is 5.54. The second-order valence-corrected chi connectivity index (χ2v) is 6.63. The normalized spacial score (nSPS) is 11.0. The van der Waals surface area contributed by atoms with E-state index in [0.717, 1.165) is 11.3 Å². The number of non-ortho nitro benzene ring substituents is 1. The molecule has 12 heteroatoms. The van der Waals surface area contributed by atoms with E-state index in [4.69, 9.17) is 21.8 Å². The fourth-order valence-corrected chi connectivity index (χ4v) is 2.88. The number of nitrogens with one attached hydrogen (secondary N) is 1. The minimum absolute atomic E-state index is 0.00109. The first kappa shape index (κ1) is 18.5. The van der Waals surface area contributed by atoms with Crippen LogP contribution in [0.3, 0.4) is 0 Å². The molecule has 27 heavy (non-hydrogen) atoms. The second-order valence-electron chi connectivity index (χ2n) is 5.13. The van der Waals surface area contributed by atoms with Crippen molar-refractivity contribution in [2.24, 2.45) is 5.10 Å². The number of amides is 1. The van der Waals surface area contributed by atoms with Crippen molar-refractivity contribution < 1.29 is 14.1 Å². The number of nitrogens with zero attached hydrogens (tertiary/aromatic N) is 4. The summed E-state index contributed by atoms with van der Waals surface area (Å²) >= 11 is 7.19. The van der Waals surface area contributed by atoms with Crippen LogP contribution in [-0.2, 0) is 11.2 Å². The molecule has 0 saturated carbocycles. The van der Waals surface area contributed by atoms with Gasteiger partial charge in [0.25, 0.3) is 5.69 Å². The van der Waals surface area contributed by atoms with Gasteiger partial charge in [-0.2, -0.15) is 5.10 Å². The van der Waals surface area contributed by atoms with Gasteiger partial charge in [-0.3, -0.25) is 14.9 Å². The number of furan rings is 1. The predicted molar refractivity (Wildman–Crippen MR) is 99.6 cm³/mol. The Labute approximate surface area is 160 Å². The molecule has 0 bridgehead atoms. The third kappa shape index (κ3) is 4.65. The highest BCUT2D eigenvalue weighted by Gasteiger charge is 2.14. The number of carbonyl (C=O) groups excluding carboxylic acids is 1. The van der Waals surface area contributed by atoms with Crippen molar-refractivity contribution in [3.8, 4) is 11.3 Å². The summed E-state index contributed by atoms with van der Waals surface area (Å²) in [7, 11) is 0. The first-order valence-electron chi connectivity index (χ1n) is 7.36. The van der Waals surface area contributed by atoms with E-state index < -0.39 is 10.8 Å². The molecule has 138 valence electrons. The number of aromatic nitrogens is 2. The number of nitro benzene ring substituents is 1. The number of anilines is 1. The van der Waals surface area contributed by atoms with E-state index in [9.17, 15) is 14.9 Å². The zero-order chi connectivity index (χ0) is 19.4. The van der Waals surface area contributed by atoms with Gasteiger partial charge in [-0.1, -0.05) is 22.9 Å². The molecule has 3 aromatic rings. The Kier molecular flexibility index (Phi) is 5.43. The Bertz CT molecular complexity index is 1030. The van der Waals surface area contributed by atoms with Crippen LogP contribution in [0.2, 0.25) is 5.02 Å². The highest BCUT2D eigenvalue weighted by atomic mass is 35.5. The molecule has 0 aliphatic carbocycles. The monoisotopic (exact) mass is 406 g/mol. The van der Waals surface area contributed by atoms with Gasteiger partial charge in [0.2, 0.25) is 11.0 Å². The summed E-state index contributed by atoms with van der Waals surface area (Å²) in [5.41, 5.74) is 8.04. The molecule has 0 saturated heterocycles. The van der Waals surface area contributed by atoms with Gasteiger partial charge < -0.3 is 10.2 Å². The van der Waals surface area contributed by atoms with Gasteiger partial charge in [0.15, 0.2) is 0 Å². The lowest BCUT2D eigenvalue weighted by atomic mass is 10.1. The maximum absolute atomic E-state index is 11.7. The number of rotatable bonds is 6. The Balaban J connectivity index is 1.65. The largest absolute Gasteiger partial charge is 0.455 e. The fourth-order valence-electron chi connectivity index (χ4n) is 2.07. The third-order valence-electron chi connectivity index (χ3n) is 3.23. The molecule has 0 spiro atoms. The number of benzene rings is 1. The van der Waals surface area contributed by atoms with Crippen LogP contribution in [0.4, 0.5) is 10.8 Å². The molecule has 3 N–H and O–H groups in total. The van der Waals surface area contributed by atoms with Crippen LogP contribution in [0, 0.1) is 10.1 Å². The Morgan fingerprint density at radius 3 is 2.93 bits per heavy atom. The van der Waals surface area contributed by atoms with E-state index >= 15 is 0 Å². The molecule has 0 fully saturated rings. The summed E-state index contributed by atoms with van der Waals surface area (Å²) in [6.45, 7) is 0. The zero-order valence-corrected chi connectivity index (χ0v) is 15.0. The molecule has 0 atom stereocenters. The van der Waals surface area contributed by atoms with E-state index in [1.54, 1.807) is 12.1 Å². The Morgan fingerprint density at radius 1 is 1.41 bits per heavy atom. The smallest absolute Gasteiger partial charge is 0.270 e. The number of hydrazone groups is 1. The van der Waals surface area contributed by atoms with Crippen LogP contribution in [0.25, 0.3) is 11.3 Å². The van der Waals surface area contributed by atoms with Crippen LogP contribution in [0.1, 0.15) is 10.8 Å². The SMILES string of the molecule is Nc1nnc(CC(=O)NN=Cc2ccc(-c3cc([N+](=O)[O-])ccc3Cl)o2)s1. The number of hydrogen-bond acceptors (Lipinski definition) is 9. The van der Waals surface area contributed by atoms with Gasteiger partial charge >= 0.3 is 0 Å². The fraction of sp³-hybridized carbons (Fsp3) is 0.0667. The Morgan fingerprint density at radius 2 is 2.22 bits per heavy atom. The summed E-state index contributed by atoms with van der Waals surface area (Å²) in [5, 5.41) is 23.1. The Hall–Kier alpha value is -3.31. The van der Waals surface area contributed by atoms with Crippen molar-refractivity contribution in [1.82, 2.24) is 15.6 Å². The molecule has 1 aromatic carbocycles. The van der Waals surface area contributed by atoms with E-state index in [2.05, 4.69) is 20.7 Å². The van der Waals surface area contributed by atoms with Gasteiger partial charge in [-0.05, 0) is 18.2 Å². The molecular formula is C15H11ClN6O4S. The second kappa shape index (κ2) is 7.93. The first-order valence-corrected chi connectivity index (χ1v) is 8.56. The van der Waals surface area contributed by atoms with E-state index in [0.29, 0.717) is 27.1 Å². The number of halogens is 1. The van der Waals surface area contributed by atoms with E-state index in [1.807, 2.05) is 0 Å². The van der Waals surface area contributed by atoms with Crippen LogP contribution < -0.4 is 11.2 Å². The molecule has 1 amide bonds. The molecule has 0 unspecified atom stereocenters. The highest BCUT2D eigenvalue weighted by molar-refractivity contribution is 7.15. The van der Waals surface area contributed by atoms with Gasteiger partial charge in [0.05, 0.1) is 22.6 Å². The first-order chi connectivity index (χ1) is 12.9. The molecular weight excluding hydrogens is 396 g/mol. The van der Waals surface area contributed by atoms with Crippen molar-refractivity contribution in [2.45, 2.75) is 6.42 Å². The quantitative estimate of drug-likeness (QED) is 0.363. The van der Waals surface area contributed by atoms with Gasteiger partial charge in [-0.15, -0.1) is 10.2 Å². The van der Waals surface area contributed by atoms with E-state index in [-0.39, 0.29) is 17.2 Å². The summed E-state index contributed by atoms with van der Waals surface area (Å²) in [5.74, 6) is 0.268. The van der Waals surface area contributed by atoms with Gasteiger partial charge in [0.1, 0.15) is 16.5 Å². The number of nitro groups is 1. The van der Waals surface area contributed by atoms with Crippen molar-refractivity contribution in [1.29, 1.82) is 0 Å². The molecule has 3 rings (SSSR count).